The molecule has 0 N–H and O–H groups in total. The Bertz CT molecular complexity index is 3990. The van der Waals surface area contributed by atoms with Gasteiger partial charge in [0, 0.05) is 44.8 Å². The summed E-state index contributed by atoms with van der Waals surface area (Å²) in [6.45, 7) is 9.44. The van der Waals surface area contributed by atoms with Crippen molar-refractivity contribution >= 4 is 34.1 Å². The van der Waals surface area contributed by atoms with E-state index in [1.54, 1.807) is 0 Å². The highest BCUT2D eigenvalue weighted by molar-refractivity contribution is 5.94. The van der Waals surface area contributed by atoms with Gasteiger partial charge in [-0.3, -0.25) is 0 Å². The molecule has 0 spiro atoms. The molecule has 0 bridgehead atoms. The number of fused-ring (bicyclic) bond motifs is 9. The fourth-order valence-electron chi connectivity index (χ4n) is 13.5. The van der Waals surface area contributed by atoms with E-state index in [-0.39, 0.29) is 10.8 Å². The Morgan fingerprint density at radius 2 is 0.613 bits per heavy atom. The van der Waals surface area contributed by atoms with Gasteiger partial charge in [0.15, 0.2) is 0 Å². The topological polar surface area (TPSA) is 6.48 Å². The van der Waals surface area contributed by atoms with E-state index in [4.69, 9.17) is 0 Å². The number of hydrogen-bond donors (Lipinski definition) is 0. The van der Waals surface area contributed by atoms with Crippen LogP contribution < -0.4 is 9.80 Å². The number of rotatable bonds is 9. The Morgan fingerprint density at radius 1 is 0.240 bits per heavy atom. The van der Waals surface area contributed by atoms with Gasteiger partial charge < -0.3 is 9.80 Å². The molecule has 0 fully saturated rings. The van der Waals surface area contributed by atoms with Crippen molar-refractivity contribution in [2.45, 2.75) is 43.9 Å². The summed E-state index contributed by atoms with van der Waals surface area (Å²) < 4.78 is 0. The molecule has 75 heavy (non-hydrogen) atoms. The van der Waals surface area contributed by atoms with Gasteiger partial charge in [-0.15, -0.1) is 0 Å². The van der Waals surface area contributed by atoms with Crippen molar-refractivity contribution in [1.82, 2.24) is 0 Å². The van der Waals surface area contributed by atoms with Crippen LogP contribution in [-0.4, -0.2) is 0 Å². The summed E-state index contributed by atoms with van der Waals surface area (Å²) in [6, 6.07) is 99.7. The predicted octanol–water partition coefficient (Wildman–Crippen LogP) is 19.3. The fraction of sp³-hybridized carbons (Fsp3) is 0.0959. The summed E-state index contributed by atoms with van der Waals surface area (Å²) >= 11 is 0. The summed E-state index contributed by atoms with van der Waals surface area (Å²) in [5, 5.41) is 0. The van der Waals surface area contributed by atoms with Crippen LogP contribution in [0.2, 0.25) is 0 Å². The summed E-state index contributed by atoms with van der Waals surface area (Å²) in [5.41, 5.74) is 26.3. The summed E-state index contributed by atoms with van der Waals surface area (Å²) in [5.74, 6) is 0. The highest BCUT2D eigenvalue weighted by Crippen LogP contribution is 2.58. The van der Waals surface area contributed by atoms with Crippen LogP contribution >= 0.6 is 0 Å². The number of benzene rings is 11. The minimum absolute atomic E-state index is 0.112. The van der Waals surface area contributed by atoms with Crippen molar-refractivity contribution in [2.24, 2.45) is 0 Å². The van der Waals surface area contributed by atoms with Crippen molar-refractivity contribution in [3.63, 3.8) is 0 Å². The van der Waals surface area contributed by atoms with Gasteiger partial charge in [-0.25, -0.2) is 0 Å². The highest BCUT2D eigenvalue weighted by atomic mass is 15.2. The molecule has 0 unspecified atom stereocenters. The first kappa shape index (κ1) is 44.7. The standard InChI is InChI=1S/C73H56N2/c1-71(2)64-36-16-11-34-60(64)62-47-55(41-43-66(62)71)74(52-28-21-27-51(45-52)73(50-25-9-6-10-26-50)68-38-18-13-32-58(68)59-33-14-19-39-69(59)73)53-29-22-30-54(46-53)75(70-40-20-15-31-57(70)49-23-7-5-8-24-49)56-42-44-67-63(48-56)61-35-12-17-37-65(61)72(67,3)4/h5-48H,1-4H3. The van der Waals surface area contributed by atoms with E-state index in [1.807, 2.05) is 0 Å². The van der Waals surface area contributed by atoms with Crippen molar-refractivity contribution in [2.75, 3.05) is 9.80 Å². The maximum Gasteiger partial charge on any atom is 0.0714 e. The Kier molecular flexibility index (Phi) is 10.2. The Morgan fingerprint density at radius 3 is 1.17 bits per heavy atom. The number of hydrogen-bond acceptors (Lipinski definition) is 2. The second kappa shape index (κ2) is 17.0. The molecule has 0 aliphatic heterocycles. The Hall–Kier alpha value is -8.98. The average Bonchev–Trinajstić information content (AvgIpc) is 4.09. The Labute approximate surface area is 441 Å². The molecule has 0 aromatic heterocycles. The van der Waals surface area contributed by atoms with E-state index in [0.717, 1.165) is 39.7 Å². The second-order valence-corrected chi connectivity index (χ2v) is 21.6. The zero-order valence-electron chi connectivity index (χ0n) is 42.8. The monoisotopic (exact) mass is 960 g/mol. The van der Waals surface area contributed by atoms with Crippen LogP contribution in [0.4, 0.5) is 34.1 Å². The molecular formula is C73H56N2. The molecule has 0 heterocycles. The van der Waals surface area contributed by atoms with Gasteiger partial charge in [0.2, 0.25) is 0 Å². The first-order valence-electron chi connectivity index (χ1n) is 26.4. The number of anilines is 6. The van der Waals surface area contributed by atoms with E-state index in [2.05, 4.69) is 304 Å². The molecular weight excluding hydrogens is 905 g/mol. The molecule has 2 nitrogen and oxygen atoms in total. The molecule has 3 aliphatic carbocycles. The lowest BCUT2D eigenvalue weighted by atomic mass is 9.67. The lowest BCUT2D eigenvalue weighted by Gasteiger charge is -2.35. The van der Waals surface area contributed by atoms with Gasteiger partial charge in [-0.05, 0) is 144 Å². The lowest BCUT2D eigenvalue weighted by Crippen LogP contribution is -2.28. The minimum Gasteiger partial charge on any atom is -0.310 e. The van der Waals surface area contributed by atoms with Crippen LogP contribution in [0.3, 0.4) is 0 Å². The van der Waals surface area contributed by atoms with Crippen molar-refractivity contribution in [3.8, 4) is 44.5 Å². The molecule has 0 amide bonds. The molecule has 0 radical (unpaired) electrons. The molecule has 3 aliphatic rings. The van der Waals surface area contributed by atoms with Crippen molar-refractivity contribution in [3.05, 3.63) is 311 Å². The fourth-order valence-corrected chi connectivity index (χ4v) is 13.5. The van der Waals surface area contributed by atoms with E-state index < -0.39 is 5.41 Å². The van der Waals surface area contributed by atoms with Crippen molar-refractivity contribution in [1.29, 1.82) is 0 Å². The minimum atomic E-state index is -0.558. The molecule has 0 saturated carbocycles. The lowest BCUT2D eigenvalue weighted by molar-refractivity contribution is 0.660. The summed E-state index contributed by atoms with van der Waals surface area (Å²) in [6.07, 6.45) is 0. The second-order valence-electron chi connectivity index (χ2n) is 21.6. The maximum absolute atomic E-state index is 2.50. The van der Waals surface area contributed by atoms with Crippen LogP contribution in [-0.2, 0) is 16.2 Å². The zero-order valence-corrected chi connectivity index (χ0v) is 42.8. The molecule has 0 atom stereocenters. The molecule has 11 aromatic carbocycles. The normalized spacial score (nSPS) is 14.5. The first-order chi connectivity index (χ1) is 36.7. The van der Waals surface area contributed by atoms with E-state index in [9.17, 15) is 0 Å². The van der Waals surface area contributed by atoms with Gasteiger partial charge in [-0.1, -0.05) is 234 Å². The number of para-hydroxylation sites is 1. The molecule has 14 rings (SSSR count). The van der Waals surface area contributed by atoms with Crippen LogP contribution in [0.15, 0.2) is 267 Å². The third-order valence-corrected chi connectivity index (χ3v) is 16.9. The van der Waals surface area contributed by atoms with Crippen LogP contribution in [0.1, 0.15) is 72.2 Å². The van der Waals surface area contributed by atoms with Crippen LogP contribution in [0.5, 0.6) is 0 Å². The van der Waals surface area contributed by atoms with Gasteiger partial charge in [0.25, 0.3) is 0 Å². The first-order valence-corrected chi connectivity index (χ1v) is 26.4. The predicted molar refractivity (Wildman–Crippen MR) is 314 cm³/mol. The van der Waals surface area contributed by atoms with Gasteiger partial charge in [-0.2, -0.15) is 0 Å². The van der Waals surface area contributed by atoms with Gasteiger partial charge in [0.05, 0.1) is 11.1 Å². The van der Waals surface area contributed by atoms with Crippen molar-refractivity contribution < 1.29 is 0 Å². The molecule has 0 saturated heterocycles. The quantitative estimate of drug-likeness (QED) is 0.142. The Balaban J connectivity index is 1.01. The third kappa shape index (κ3) is 6.72. The van der Waals surface area contributed by atoms with Crippen LogP contribution in [0, 0.1) is 0 Å². The molecule has 358 valence electrons. The highest BCUT2D eigenvalue weighted by Gasteiger charge is 2.46. The van der Waals surface area contributed by atoms with E-state index >= 15 is 0 Å². The summed E-state index contributed by atoms with van der Waals surface area (Å²) in [7, 11) is 0. The largest absolute Gasteiger partial charge is 0.310 e. The summed E-state index contributed by atoms with van der Waals surface area (Å²) in [4.78, 5) is 4.97. The van der Waals surface area contributed by atoms with Gasteiger partial charge >= 0.3 is 0 Å². The van der Waals surface area contributed by atoms with Crippen LogP contribution in [0.25, 0.3) is 44.5 Å². The van der Waals surface area contributed by atoms with E-state index in [0.29, 0.717) is 0 Å². The third-order valence-electron chi connectivity index (χ3n) is 16.9. The smallest absolute Gasteiger partial charge is 0.0714 e. The maximum atomic E-state index is 2.50. The average molecular weight is 961 g/mol. The SMILES string of the molecule is CC1(C)c2ccccc2-c2cc(N(c3cccc(N(c4ccc5c(c4)-c4ccccc4C5(C)C)c4ccccc4-c4ccccc4)c3)c3cccc(C4(c5ccccc5)c5ccccc5-c5ccccc54)c3)ccc21. The molecule has 11 aromatic rings. The number of nitrogens with zero attached hydrogens (tertiary/aromatic N) is 2. The van der Waals surface area contributed by atoms with E-state index in [1.165, 1.54) is 83.5 Å². The van der Waals surface area contributed by atoms with Gasteiger partial charge in [0.1, 0.15) is 0 Å². The molecule has 2 heteroatoms. The zero-order chi connectivity index (χ0) is 50.5.